The molecule has 0 radical (unpaired) electrons. The van der Waals surface area contributed by atoms with Crippen LogP contribution in [0.5, 0.6) is 0 Å². The largest absolute Gasteiger partial charge is 0.319 e. The molecular weight excluding hydrogens is 413 g/mol. The molecule has 0 unspecified atom stereocenters. The molecule has 0 saturated heterocycles. The second-order valence-electron chi connectivity index (χ2n) is 5.35. The summed E-state index contributed by atoms with van der Waals surface area (Å²) in [5.74, 6) is -0.277. The number of amides is 1. The van der Waals surface area contributed by atoms with Crippen molar-refractivity contribution in [1.82, 2.24) is 9.38 Å². The van der Waals surface area contributed by atoms with Crippen LogP contribution in [0, 0.1) is 6.92 Å². The zero-order chi connectivity index (χ0) is 17.4. The van der Waals surface area contributed by atoms with Gasteiger partial charge in [-0.1, -0.05) is 36.2 Å². The molecule has 0 bridgehead atoms. The number of aromatic nitrogens is 2. The van der Waals surface area contributed by atoms with Crippen LogP contribution in [-0.2, 0) is 6.42 Å². The first-order valence-corrected chi connectivity index (χ1v) is 8.89. The van der Waals surface area contributed by atoms with Gasteiger partial charge in [0.2, 0.25) is 0 Å². The highest BCUT2D eigenvalue weighted by Gasteiger charge is 2.20. The van der Waals surface area contributed by atoms with E-state index in [4.69, 9.17) is 23.2 Å². The van der Waals surface area contributed by atoms with Crippen LogP contribution < -0.4 is 5.32 Å². The van der Waals surface area contributed by atoms with Crippen molar-refractivity contribution in [3.8, 4) is 0 Å². The van der Waals surface area contributed by atoms with Crippen LogP contribution in [0.3, 0.4) is 0 Å². The minimum atomic E-state index is -0.277. The average molecular weight is 427 g/mol. The minimum Gasteiger partial charge on any atom is -0.319 e. The van der Waals surface area contributed by atoms with E-state index >= 15 is 0 Å². The van der Waals surface area contributed by atoms with Crippen LogP contribution in [0.15, 0.2) is 34.9 Å². The van der Waals surface area contributed by atoms with Crippen LogP contribution in [0.2, 0.25) is 10.0 Å². The zero-order valence-corrected chi connectivity index (χ0v) is 16.1. The molecule has 2 aromatic heterocycles. The molecule has 24 heavy (non-hydrogen) atoms. The number of fused-ring (bicyclic) bond motifs is 1. The molecule has 2 heterocycles. The number of nitrogens with one attached hydrogen (secondary N) is 1. The summed E-state index contributed by atoms with van der Waals surface area (Å²) in [6.07, 6.45) is 2.48. The lowest BCUT2D eigenvalue weighted by molar-refractivity contribution is 0.102. The van der Waals surface area contributed by atoms with Crippen molar-refractivity contribution in [2.45, 2.75) is 20.3 Å². The van der Waals surface area contributed by atoms with Crippen LogP contribution in [-0.4, -0.2) is 15.3 Å². The van der Waals surface area contributed by atoms with Crippen molar-refractivity contribution in [1.29, 1.82) is 0 Å². The van der Waals surface area contributed by atoms with Gasteiger partial charge in [0.25, 0.3) is 5.91 Å². The highest BCUT2D eigenvalue weighted by molar-refractivity contribution is 9.10. The summed E-state index contributed by atoms with van der Waals surface area (Å²) >= 11 is 15.6. The first kappa shape index (κ1) is 17.3. The van der Waals surface area contributed by atoms with Crippen molar-refractivity contribution in [2.75, 3.05) is 5.32 Å². The molecule has 0 aliphatic rings. The fraction of sp³-hybridized carbons (Fsp3) is 0.176. The van der Waals surface area contributed by atoms with Gasteiger partial charge in [-0.05, 0) is 53.0 Å². The van der Waals surface area contributed by atoms with Gasteiger partial charge in [-0.3, -0.25) is 9.20 Å². The number of nitrogens with zero attached hydrogens (tertiary/aromatic N) is 2. The van der Waals surface area contributed by atoms with Crippen molar-refractivity contribution in [3.63, 3.8) is 0 Å². The van der Waals surface area contributed by atoms with E-state index in [0.717, 1.165) is 21.4 Å². The Kier molecular flexibility index (Phi) is 4.85. The molecule has 1 amide bonds. The number of halogens is 3. The molecule has 0 saturated carbocycles. The van der Waals surface area contributed by atoms with E-state index in [9.17, 15) is 4.79 Å². The number of pyridine rings is 1. The number of rotatable bonds is 3. The van der Waals surface area contributed by atoms with Crippen LogP contribution in [0.1, 0.15) is 28.7 Å². The Hall–Kier alpha value is -1.56. The molecule has 4 nitrogen and oxygen atoms in total. The van der Waals surface area contributed by atoms with E-state index in [1.54, 1.807) is 22.6 Å². The van der Waals surface area contributed by atoms with Gasteiger partial charge >= 0.3 is 0 Å². The summed E-state index contributed by atoms with van der Waals surface area (Å²) in [7, 11) is 0. The molecule has 0 spiro atoms. The van der Waals surface area contributed by atoms with Gasteiger partial charge in [0.15, 0.2) is 0 Å². The standard InChI is InChI=1S/C17H14BrCl2N3O/c1-3-12-15(23-8-10(18)7-9(2)16(23)21-12)17(24)22-13-6-4-5-11(19)14(13)20/h4-8H,3H2,1-2H3,(H,22,24). The lowest BCUT2D eigenvalue weighted by Gasteiger charge is -2.09. The Bertz CT molecular complexity index is 953. The second-order valence-corrected chi connectivity index (χ2v) is 7.05. The van der Waals surface area contributed by atoms with Gasteiger partial charge in [0, 0.05) is 10.7 Å². The second kappa shape index (κ2) is 6.75. The predicted molar refractivity (Wildman–Crippen MR) is 101 cm³/mol. The molecule has 1 N–H and O–H groups in total. The molecular formula is C17H14BrCl2N3O. The summed E-state index contributed by atoms with van der Waals surface area (Å²) in [6.45, 7) is 3.93. The smallest absolute Gasteiger partial charge is 0.274 e. The Morgan fingerprint density at radius 3 is 2.83 bits per heavy atom. The quantitative estimate of drug-likeness (QED) is 0.598. The van der Waals surface area contributed by atoms with E-state index in [0.29, 0.717) is 27.8 Å². The van der Waals surface area contributed by atoms with Gasteiger partial charge < -0.3 is 5.32 Å². The van der Waals surface area contributed by atoms with Crippen LogP contribution in [0.4, 0.5) is 5.69 Å². The minimum absolute atomic E-state index is 0.277. The lowest BCUT2D eigenvalue weighted by atomic mass is 10.2. The molecule has 0 atom stereocenters. The molecule has 0 fully saturated rings. The Morgan fingerprint density at radius 1 is 1.38 bits per heavy atom. The van der Waals surface area contributed by atoms with E-state index < -0.39 is 0 Å². The van der Waals surface area contributed by atoms with Gasteiger partial charge in [-0.25, -0.2) is 4.98 Å². The average Bonchev–Trinajstić information content (AvgIpc) is 2.90. The van der Waals surface area contributed by atoms with Gasteiger partial charge in [0.1, 0.15) is 11.3 Å². The number of carbonyl (C=O) groups is 1. The maximum atomic E-state index is 12.9. The summed E-state index contributed by atoms with van der Waals surface area (Å²) in [6, 6.07) is 7.09. The third-order valence-electron chi connectivity index (χ3n) is 3.69. The maximum Gasteiger partial charge on any atom is 0.274 e. The van der Waals surface area contributed by atoms with Gasteiger partial charge in [-0.2, -0.15) is 0 Å². The third kappa shape index (κ3) is 3.04. The lowest BCUT2D eigenvalue weighted by Crippen LogP contribution is -2.16. The van der Waals surface area contributed by atoms with Crippen LogP contribution >= 0.6 is 39.1 Å². The fourth-order valence-electron chi connectivity index (χ4n) is 2.58. The monoisotopic (exact) mass is 425 g/mol. The maximum absolute atomic E-state index is 12.9. The molecule has 0 aliphatic heterocycles. The number of benzene rings is 1. The highest BCUT2D eigenvalue weighted by atomic mass is 79.9. The van der Waals surface area contributed by atoms with E-state index in [1.165, 1.54) is 0 Å². The molecule has 3 aromatic rings. The number of aryl methyl sites for hydroxylation is 2. The summed E-state index contributed by atoms with van der Waals surface area (Å²) < 4.78 is 2.67. The van der Waals surface area contributed by atoms with Crippen molar-refractivity contribution >= 4 is 56.4 Å². The van der Waals surface area contributed by atoms with Crippen molar-refractivity contribution < 1.29 is 4.79 Å². The fourth-order valence-corrected chi connectivity index (χ4v) is 3.48. The van der Waals surface area contributed by atoms with E-state index in [1.807, 2.05) is 26.1 Å². The topological polar surface area (TPSA) is 46.4 Å². The molecule has 7 heteroatoms. The first-order valence-electron chi connectivity index (χ1n) is 7.34. The first-order chi connectivity index (χ1) is 11.4. The van der Waals surface area contributed by atoms with E-state index in [-0.39, 0.29) is 5.91 Å². The predicted octanol–water partition coefficient (Wildman–Crippen LogP) is 5.53. The molecule has 3 rings (SSSR count). The number of anilines is 1. The Labute approximate surface area is 157 Å². The summed E-state index contributed by atoms with van der Waals surface area (Å²) in [5, 5.41) is 3.53. The van der Waals surface area contributed by atoms with Gasteiger partial charge in [-0.15, -0.1) is 0 Å². The third-order valence-corrected chi connectivity index (χ3v) is 4.95. The molecule has 124 valence electrons. The van der Waals surface area contributed by atoms with Crippen molar-refractivity contribution in [3.05, 3.63) is 61.9 Å². The normalized spacial score (nSPS) is 11.0. The van der Waals surface area contributed by atoms with Gasteiger partial charge in [0.05, 0.1) is 21.4 Å². The number of imidazole rings is 1. The molecule has 0 aliphatic carbocycles. The highest BCUT2D eigenvalue weighted by Crippen LogP contribution is 2.30. The summed E-state index contributed by atoms with van der Waals surface area (Å²) in [4.78, 5) is 17.5. The number of hydrogen-bond acceptors (Lipinski definition) is 2. The number of hydrogen-bond donors (Lipinski definition) is 1. The SMILES string of the molecule is CCc1nc2c(C)cc(Br)cn2c1C(=O)Nc1cccc(Cl)c1Cl. The summed E-state index contributed by atoms with van der Waals surface area (Å²) in [5.41, 5.74) is 3.44. The van der Waals surface area contributed by atoms with Crippen LogP contribution in [0.25, 0.3) is 5.65 Å². The Morgan fingerprint density at radius 2 is 2.12 bits per heavy atom. The zero-order valence-electron chi connectivity index (χ0n) is 13.0. The number of carbonyl (C=O) groups excluding carboxylic acids is 1. The van der Waals surface area contributed by atoms with E-state index in [2.05, 4.69) is 26.2 Å². The molecule has 1 aromatic carbocycles. The Balaban J connectivity index is 2.11. The van der Waals surface area contributed by atoms with Crippen molar-refractivity contribution in [2.24, 2.45) is 0 Å².